The number of nitrogens with two attached hydrogens (primary N) is 1. The van der Waals surface area contributed by atoms with Gasteiger partial charge in [0.25, 0.3) is 0 Å². The largest absolute Gasteiger partial charge is 0.329 e. The molecular weight excluding hydrogens is 262 g/mol. The second-order valence-corrected chi connectivity index (χ2v) is 6.41. The first-order valence-corrected chi connectivity index (χ1v) is 8.52. The maximum atomic E-state index is 6.07. The monoisotopic (exact) mass is 291 g/mol. The van der Waals surface area contributed by atoms with Gasteiger partial charge in [0.05, 0.1) is 12.2 Å². The standard InChI is InChI=1S/C16H29N5/c1-2-21-12-14(11-18-21)16(10-17)20-9-6-15(13-20)19-7-4-3-5-8-19/h11-12,15-16H,2-10,13,17H2,1H3. The van der Waals surface area contributed by atoms with Crippen molar-refractivity contribution in [2.45, 2.75) is 51.2 Å². The minimum absolute atomic E-state index is 0.333. The Labute approximate surface area is 128 Å². The summed E-state index contributed by atoms with van der Waals surface area (Å²) in [7, 11) is 0. The van der Waals surface area contributed by atoms with Crippen LogP contribution < -0.4 is 5.73 Å². The molecule has 2 N–H and O–H groups in total. The van der Waals surface area contributed by atoms with Crippen LogP contribution in [-0.2, 0) is 6.54 Å². The topological polar surface area (TPSA) is 50.3 Å². The number of nitrogens with zero attached hydrogens (tertiary/aromatic N) is 4. The van der Waals surface area contributed by atoms with Gasteiger partial charge in [-0.25, -0.2) is 0 Å². The summed E-state index contributed by atoms with van der Waals surface area (Å²) >= 11 is 0. The van der Waals surface area contributed by atoms with Crippen LogP contribution in [0.25, 0.3) is 0 Å². The van der Waals surface area contributed by atoms with Crippen molar-refractivity contribution in [2.75, 3.05) is 32.7 Å². The molecule has 2 aliphatic heterocycles. The van der Waals surface area contributed by atoms with E-state index in [0.717, 1.165) is 12.6 Å². The van der Waals surface area contributed by atoms with Gasteiger partial charge in [0.15, 0.2) is 0 Å². The summed E-state index contributed by atoms with van der Waals surface area (Å²) in [5.41, 5.74) is 7.34. The summed E-state index contributed by atoms with van der Waals surface area (Å²) in [6, 6.07) is 1.07. The predicted molar refractivity (Wildman–Crippen MR) is 85.1 cm³/mol. The molecule has 2 fully saturated rings. The molecule has 3 rings (SSSR count). The zero-order chi connectivity index (χ0) is 14.7. The summed E-state index contributed by atoms with van der Waals surface area (Å²) in [6.07, 6.45) is 9.61. The molecular formula is C16H29N5. The molecule has 2 atom stereocenters. The van der Waals surface area contributed by atoms with Gasteiger partial charge in [-0.3, -0.25) is 14.5 Å². The Morgan fingerprint density at radius 2 is 2.10 bits per heavy atom. The SMILES string of the molecule is CCn1cc(C(CN)N2CCC(N3CCCCC3)C2)cn1. The Balaban J connectivity index is 1.62. The maximum Gasteiger partial charge on any atom is 0.0538 e. The van der Waals surface area contributed by atoms with Crippen molar-refractivity contribution in [1.82, 2.24) is 19.6 Å². The number of rotatable bonds is 5. The number of piperidine rings is 1. The highest BCUT2D eigenvalue weighted by Gasteiger charge is 2.32. The first kappa shape index (κ1) is 15.0. The van der Waals surface area contributed by atoms with E-state index in [1.807, 2.05) is 10.9 Å². The van der Waals surface area contributed by atoms with Gasteiger partial charge in [-0.2, -0.15) is 5.10 Å². The lowest BCUT2D eigenvalue weighted by Crippen LogP contribution is -2.41. The normalized spacial score (nSPS) is 26.3. The highest BCUT2D eigenvalue weighted by Crippen LogP contribution is 2.27. The summed E-state index contributed by atoms with van der Waals surface area (Å²) in [5, 5.41) is 4.41. The third-order valence-corrected chi connectivity index (χ3v) is 5.13. The van der Waals surface area contributed by atoms with E-state index in [-0.39, 0.29) is 0 Å². The van der Waals surface area contributed by atoms with E-state index in [1.165, 1.54) is 57.4 Å². The van der Waals surface area contributed by atoms with Crippen LogP contribution in [0.5, 0.6) is 0 Å². The molecule has 3 heterocycles. The molecule has 2 aliphatic rings. The van der Waals surface area contributed by atoms with Crippen LogP contribution in [0.1, 0.15) is 44.2 Å². The number of aryl methyl sites for hydroxylation is 1. The Morgan fingerprint density at radius 1 is 1.29 bits per heavy atom. The summed E-state index contributed by atoms with van der Waals surface area (Å²) in [4.78, 5) is 5.27. The van der Waals surface area contributed by atoms with Crippen LogP contribution in [0.3, 0.4) is 0 Å². The molecule has 0 aliphatic carbocycles. The zero-order valence-corrected chi connectivity index (χ0v) is 13.2. The molecule has 0 bridgehead atoms. The van der Waals surface area contributed by atoms with Gasteiger partial charge in [0.1, 0.15) is 0 Å². The van der Waals surface area contributed by atoms with Crippen LogP contribution in [0.15, 0.2) is 12.4 Å². The second kappa shape index (κ2) is 6.90. The number of hydrogen-bond donors (Lipinski definition) is 1. The molecule has 2 saturated heterocycles. The predicted octanol–water partition coefficient (Wildman–Crippen LogP) is 1.46. The van der Waals surface area contributed by atoms with Crippen molar-refractivity contribution in [3.8, 4) is 0 Å². The van der Waals surface area contributed by atoms with Gasteiger partial charge in [0.2, 0.25) is 0 Å². The summed E-state index contributed by atoms with van der Waals surface area (Å²) < 4.78 is 2.00. The quantitative estimate of drug-likeness (QED) is 0.892. The number of likely N-dealkylation sites (tertiary alicyclic amines) is 2. The molecule has 1 aromatic heterocycles. The molecule has 0 amide bonds. The maximum absolute atomic E-state index is 6.07. The van der Waals surface area contributed by atoms with Crippen LogP contribution in [0.4, 0.5) is 0 Å². The Morgan fingerprint density at radius 3 is 2.76 bits per heavy atom. The smallest absolute Gasteiger partial charge is 0.0538 e. The van der Waals surface area contributed by atoms with E-state index in [9.17, 15) is 0 Å². The summed E-state index contributed by atoms with van der Waals surface area (Å²) in [5.74, 6) is 0. The van der Waals surface area contributed by atoms with E-state index in [1.54, 1.807) is 0 Å². The van der Waals surface area contributed by atoms with E-state index >= 15 is 0 Å². The average molecular weight is 291 g/mol. The highest BCUT2D eigenvalue weighted by atomic mass is 15.3. The molecule has 0 spiro atoms. The van der Waals surface area contributed by atoms with E-state index in [4.69, 9.17) is 5.73 Å². The summed E-state index contributed by atoms with van der Waals surface area (Å²) in [6.45, 7) is 8.64. The van der Waals surface area contributed by atoms with Gasteiger partial charge >= 0.3 is 0 Å². The lowest BCUT2D eigenvalue weighted by atomic mass is 10.1. The molecule has 2 unspecified atom stereocenters. The first-order valence-electron chi connectivity index (χ1n) is 8.52. The van der Waals surface area contributed by atoms with Crippen molar-refractivity contribution < 1.29 is 0 Å². The third-order valence-electron chi connectivity index (χ3n) is 5.13. The van der Waals surface area contributed by atoms with Gasteiger partial charge in [-0.1, -0.05) is 6.42 Å². The van der Waals surface area contributed by atoms with Crippen molar-refractivity contribution >= 4 is 0 Å². The molecule has 0 radical (unpaired) electrons. The van der Waals surface area contributed by atoms with Crippen LogP contribution >= 0.6 is 0 Å². The minimum Gasteiger partial charge on any atom is -0.329 e. The van der Waals surface area contributed by atoms with E-state index in [0.29, 0.717) is 12.6 Å². The average Bonchev–Trinajstić information content (AvgIpc) is 3.19. The van der Waals surface area contributed by atoms with Crippen molar-refractivity contribution in [2.24, 2.45) is 5.73 Å². The molecule has 118 valence electrons. The minimum atomic E-state index is 0.333. The fourth-order valence-electron chi connectivity index (χ4n) is 3.85. The number of aromatic nitrogens is 2. The second-order valence-electron chi connectivity index (χ2n) is 6.41. The third kappa shape index (κ3) is 3.30. The van der Waals surface area contributed by atoms with Gasteiger partial charge in [-0.15, -0.1) is 0 Å². The molecule has 5 heteroatoms. The molecule has 5 nitrogen and oxygen atoms in total. The van der Waals surface area contributed by atoms with E-state index < -0.39 is 0 Å². The number of hydrogen-bond acceptors (Lipinski definition) is 4. The van der Waals surface area contributed by atoms with Crippen molar-refractivity contribution in [3.05, 3.63) is 18.0 Å². The molecule has 0 aromatic carbocycles. The fourth-order valence-corrected chi connectivity index (χ4v) is 3.85. The van der Waals surface area contributed by atoms with Gasteiger partial charge in [0, 0.05) is 44.0 Å². The molecule has 0 saturated carbocycles. The van der Waals surface area contributed by atoms with Crippen LogP contribution in [-0.4, -0.2) is 58.3 Å². The van der Waals surface area contributed by atoms with Crippen LogP contribution in [0, 0.1) is 0 Å². The fraction of sp³-hybridized carbons (Fsp3) is 0.812. The van der Waals surface area contributed by atoms with Crippen molar-refractivity contribution in [1.29, 1.82) is 0 Å². The zero-order valence-electron chi connectivity index (χ0n) is 13.2. The lowest BCUT2D eigenvalue weighted by molar-refractivity contribution is 0.153. The Hall–Kier alpha value is -0.910. The molecule has 1 aromatic rings. The lowest BCUT2D eigenvalue weighted by Gasteiger charge is -2.33. The van der Waals surface area contributed by atoms with Gasteiger partial charge in [-0.05, 0) is 39.3 Å². The Bertz CT molecular complexity index is 438. The first-order chi connectivity index (χ1) is 10.3. The van der Waals surface area contributed by atoms with Crippen molar-refractivity contribution in [3.63, 3.8) is 0 Å². The van der Waals surface area contributed by atoms with E-state index in [2.05, 4.69) is 28.0 Å². The van der Waals surface area contributed by atoms with Crippen LogP contribution in [0.2, 0.25) is 0 Å². The van der Waals surface area contributed by atoms with Gasteiger partial charge < -0.3 is 5.73 Å². The Kier molecular flexibility index (Phi) is 4.93. The molecule has 21 heavy (non-hydrogen) atoms. The highest BCUT2D eigenvalue weighted by molar-refractivity contribution is 5.12.